The van der Waals surface area contributed by atoms with Gasteiger partial charge in [-0.1, -0.05) is 24.3 Å². The van der Waals surface area contributed by atoms with Gasteiger partial charge in [-0.2, -0.15) is 0 Å². The van der Waals surface area contributed by atoms with Gasteiger partial charge in [0.15, 0.2) is 0 Å². The summed E-state index contributed by atoms with van der Waals surface area (Å²) in [7, 11) is 0. The van der Waals surface area contributed by atoms with Gasteiger partial charge in [-0.3, -0.25) is 0 Å². The van der Waals surface area contributed by atoms with Crippen molar-refractivity contribution in [3.63, 3.8) is 0 Å². The lowest BCUT2D eigenvalue weighted by Gasteiger charge is -2.41. The Morgan fingerprint density at radius 3 is 2.24 bits per heavy atom. The highest BCUT2D eigenvalue weighted by Crippen LogP contribution is 2.45. The van der Waals surface area contributed by atoms with Crippen LogP contribution >= 0.6 is 0 Å². The number of carboxylic acid groups (broad SMARTS) is 1. The van der Waals surface area contributed by atoms with Gasteiger partial charge in [-0.15, -0.1) is 0 Å². The van der Waals surface area contributed by atoms with E-state index in [-0.39, 0.29) is 5.56 Å². The van der Waals surface area contributed by atoms with Crippen molar-refractivity contribution in [2.24, 2.45) is 0 Å². The van der Waals surface area contributed by atoms with E-state index in [1.54, 1.807) is 0 Å². The standard InChI is InChI=1S/C15H14F2O4/c16-14(17)10-2-4-11(5-3-10)15(8-1-9-15)21-13(20)7-6-12(18)19/h2-7,14H,1,8-9H2,(H,18,19)/b7-6+. The molecule has 1 aromatic rings. The van der Waals surface area contributed by atoms with Crippen LogP contribution in [0.3, 0.4) is 0 Å². The maximum atomic E-state index is 12.5. The monoisotopic (exact) mass is 296 g/mol. The van der Waals surface area contributed by atoms with Crippen molar-refractivity contribution in [1.29, 1.82) is 0 Å². The molecule has 1 fully saturated rings. The number of hydrogen-bond donors (Lipinski definition) is 1. The Kier molecular flexibility index (Phi) is 4.35. The minimum atomic E-state index is -2.54. The Labute approximate surface area is 120 Å². The van der Waals surface area contributed by atoms with Crippen molar-refractivity contribution in [2.45, 2.75) is 31.3 Å². The second-order valence-electron chi connectivity index (χ2n) is 4.86. The molecule has 1 aliphatic carbocycles. The predicted octanol–water partition coefficient (Wildman–Crippen LogP) is 3.19. The van der Waals surface area contributed by atoms with E-state index in [1.165, 1.54) is 24.3 Å². The van der Waals surface area contributed by atoms with Crippen LogP contribution in [0, 0.1) is 0 Å². The van der Waals surface area contributed by atoms with E-state index < -0.39 is 24.0 Å². The molecule has 1 aromatic carbocycles. The highest BCUT2D eigenvalue weighted by molar-refractivity contribution is 5.91. The van der Waals surface area contributed by atoms with E-state index in [0.717, 1.165) is 12.5 Å². The Balaban J connectivity index is 2.14. The summed E-state index contributed by atoms with van der Waals surface area (Å²) in [4.78, 5) is 22.0. The molecule has 4 nitrogen and oxygen atoms in total. The Hall–Kier alpha value is -2.24. The molecule has 6 heteroatoms. The first kappa shape index (κ1) is 15.2. The highest BCUT2D eigenvalue weighted by atomic mass is 19.3. The fourth-order valence-corrected chi connectivity index (χ4v) is 2.25. The molecule has 0 aromatic heterocycles. The van der Waals surface area contributed by atoms with Crippen LogP contribution in [0.15, 0.2) is 36.4 Å². The molecular formula is C15H14F2O4. The minimum absolute atomic E-state index is 0.0923. The van der Waals surface area contributed by atoms with Gasteiger partial charge in [0.2, 0.25) is 0 Å². The number of alkyl halides is 2. The lowest BCUT2D eigenvalue weighted by molar-refractivity contribution is -0.165. The molecule has 1 aliphatic rings. The average Bonchev–Trinajstić information content (AvgIpc) is 2.40. The first-order valence-corrected chi connectivity index (χ1v) is 6.45. The van der Waals surface area contributed by atoms with E-state index in [9.17, 15) is 18.4 Å². The molecule has 0 radical (unpaired) electrons. The molecular weight excluding hydrogens is 282 g/mol. The maximum absolute atomic E-state index is 12.5. The Bertz CT molecular complexity index is 560. The summed E-state index contributed by atoms with van der Waals surface area (Å²) >= 11 is 0. The average molecular weight is 296 g/mol. The molecule has 0 aliphatic heterocycles. The van der Waals surface area contributed by atoms with Gasteiger partial charge in [-0.25, -0.2) is 18.4 Å². The molecule has 0 bridgehead atoms. The van der Waals surface area contributed by atoms with Crippen LogP contribution in [0.1, 0.15) is 36.8 Å². The molecule has 0 saturated heterocycles. The molecule has 0 heterocycles. The molecule has 0 atom stereocenters. The third kappa shape index (κ3) is 3.45. The number of benzene rings is 1. The summed E-state index contributed by atoms with van der Waals surface area (Å²) in [5, 5.41) is 8.47. The van der Waals surface area contributed by atoms with E-state index in [0.29, 0.717) is 24.5 Å². The second kappa shape index (κ2) is 6.03. The summed E-state index contributed by atoms with van der Waals surface area (Å²) in [5.74, 6) is -1.99. The topological polar surface area (TPSA) is 63.6 Å². The summed E-state index contributed by atoms with van der Waals surface area (Å²) in [6.07, 6.45) is 1.04. The number of esters is 1. The fraction of sp³-hybridized carbons (Fsp3) is 0.333. The van der Waals surface area contributed by atoms with Gasteiger partial charge < -0.3 is 9.84 Å². The minimum Gasteiger partial charge on any atom is -0.478 e. The number of hydrogen-bond acceptors (Lipinski definition) is 3. The van der Waals surface area contributed by atoms with E-state index in [4.69, 9.17) is 9.84 Å². The van der Waals surface area contributed by atoms with Crippen LogP contribution in [0.5, 0.6) is 0 Å². The Morgan fingerprint density at radius 2 is 1.81 bits per heavy atom. The quantitative estimate of drug-likeness (QED) is 0.669. The zero-order valence-corrected chi connectivity index (χ0v) is 11.1. The van der Waals surface area contributed by atoms with Crippen LogP contribution < -0.4 is 0 Å². The van der Waals surface area contributed by atoms with Gasteiger partial charge in [0.05, 0.1) is 0 Å². The van der Waals surface area contributed by atoms with E-state index >= 15 is 0 Å². The van der Waals surface area contributed by atoms with Crippen LogP contribution in [0.2, 0.25) is 0 Å². The third-order valence-corrected chi connectivity index (χ3v) is 3.51. The molecule has 112 valence electrons. The number of carbonyl (C=O) groups excluding carboxylic acids is 1. The summed E-state index contributed by atoms with van der Waals surface area (Å²) in [6, 6.07) is 5.66. The largest absolute Gasteiger partial charge is 0.478 e. The molecule has 0 spiro atoms. The number of ether oxygens (including phenoxy) is 1. The van der Waals surface area contributed by atoms with Crippen LogP contribution in [-0.2, 0) is 19.9 Å². The Morgan fingerprint density at radius 1 is 1.19 bits per heavy atom. The molecule has 2 rings (SSSR count). The van der Waals surface area contributed by atoms with E-state index in [2.05, 4.69) is 0 Å². The normalized spacial score (nSPS) is 16.7. The third-order valence-electron chi connectivity index (χ3n) is 3.51. The van der Waals surface area contributed by atoms with Crippen molar-refractivity contribution in [1.82, 2.24) is 0 Å². The van der Waals surface area contributed by atoms with Crippen molar-refractivity contribution in [3.8, 4) is 0 Å². The van der Waals surface area contributed by atoms with Gasteiger partial charge in [0, 0.05) is 17.7 Å². The number of carboxylic acids is 1. The summed E-state index contributed by atoms with van der Waals surface area (Å²) < 4.78 is 30.4. The van der Waals surface area contributed by atoms with Crippen molar-refractivity contribution < 1.29 is 28.2 Å². The van der Waals surface area contributed by atoms with Gasteiger partial charge in [-0.05, 0) is 24.8 Å². The summed E-state index contributed by atoms with van der Waals surface area (Å²) in [5.41, 5.74) is -0.277. The zero-order valence-electron chi connectivity index (χ0n) is 11.1. The fourth-order valence-electron chi connectivity index (χ4n) is 2.25. The number of halogens is 2. The molecule has 21 heavy (non-hydrogen) atoms. The van der Waals surface area contributed by atoms with Crippen LogP contribution in [0.25, 0.3) is 0 Å². The van der Waals surface area contributed by atoms with Crippen LogP contribution in [0.4, 0.5) is 8.78 Å². The first-order chi connectivity index (χ1) is 9.93. The van der Waals surface area contributed by atoms with Crippen molar-refractivity contribution in [2.75, 3.05) is 0 Å². The maximum Gasteiger partial charge on any atom is 0.331 e. The SMILES string of the molecule is O=C(O)/C=C/C(=O)OC1(c2ccc(C(F)F)cc2)CCC1. The number of rotatable bonds is 5. The first-order valence-electron chi connectivity index (χ1n) is 6.45. The van der Waals surface area contributed by atoms with E-state index in [1.807, 2.05) is 0 Å². The van der Waals surface area contributed by atoms with Crippen molar-refractivity contribution >= 4 is 11.9 Å². The van der Waals surface area contributed by atoms with Gasteiger partial charge in [0.1, 0.15) is 5.60 Å². The number of aliphatic carboxylic acids is 1. The van der Waals surface area contributed by atoms with Crippen molar-refractivity contribution in [3.05, 3.63) is 47.5 Å². The molecule has 0 amide bonds. The predicted molar refractivity (Wildman–Crippen MR) is 69.8 cm³/mol. The molecule has 0 unspecified atom stereocenters. The zero-order chi connectivity index (χ0) is 15.5. The van der Waals surface area contributed by atoms with Crippen LogP contribution in [-0.4, -0.2) is 17.0 Å². The van der Waals surface area contributed by atoms with Gasteiger partial charge >= 0.3 is 11.9 Å². The van der Waals surface area contributed by atoms with Gasteiger partial charge in [0.25, 0.3) is 6.43 Å². The lowest BCUT2D eigenvalue weighted by Crippen LogP contribution is -2.38. The summed E-state index contributed by atoms with van der Waals surface area (Å²) in [6.45, 7) is 0. The second-order valence-corrected chi connectivity index (χ2v) is 4.86. The lowest BCUT2D eigenvalue weighted by atomic mass is 9.74. The smallest absolute Gasteiger partial charge is 0.331 e. The number of carbonyl (C=O) groups is 2. The molecule has 1 saturated carbocycles. The molecule has 1 N–H and O–H groups in total. The highest BCUT2D eigenvalue weighted by Gasteiger charge is 2.42.